The maximum Gasteiger partial charge on any atom is 0.141 e. The third-order valence-electron chi connectivity index (χ3n) is 4.82. The molecule has 98 valence electrons. The average Bonchev–Trinajstić information content (AvgIpc) is 2.37. The van der Waals surface area contributed by atoms with Gasteiger partial charge in [0.1, 0.15) is 5.75 Å². The number of anilines is 2. The van der Waals surface area contributed by atoms with Crippen molar-refractivity contribution in [3.63, 3.8) is 0 Å². The third-order valence-corrected chi connectivity index (χ3v) is 4.82. The summed E-state index contributed by atoms with van der Waals surface area (Å²) >= 11 is 0. The molecule has 3 nitrogen and oxygen atoms in total. The van der Waals surface area contributed by atoms with Gasteiger partial charge in [0, 0.05) is 18.8 Å². The van der Waals surface area contributed by atoms with Crippen LogP contribution in [0.1, 0.15) is 32.1 Å². The highest BCUT2D eigenvalue weighted by Crippen LogP contribution is 2.49. The van der Waals surface area contributed by atoms with Crippen molar-refractivity contribution in [3.05, 3.63) is 18.2 Å². The number of ether oxygens (including phenoxy) is 1. The summed E-state index contributed by atoms with van der Waals surface area (Å²) in [6.45, 7) is 2.34. The lowest BCUT2D eigenvalue weighted by Crippen LogP contribution is -2.43. The first kappa shape index (κ1) is 11.7. The average molecular weight is 246 g/mol. The Bertz CT molecular complexity index is 430. The summed E-state index contributed by atoms with van der Waals surface area (Å²) in [6, 6.07) is 6.13. The van der Waals surface area contributed by atoms with E-state index in [2.05, 4.69) is 11.0 Å². The minimum Gasteiger partial charge on any atom is -0.495 e. The van der Waals surface area contributed by atoms with Gasteiger partial charge in [0.25, 0.3) is 0 Å². The molecule has 0 atom stereocenters. The summed E-state index contributed by atoms with van der Waals surface area (Å²) < 4.78 is 5.20. The second-order valence-corrected chi connectivity index (χ2v) is 5.77. The third kappa shape index (κ3) is 1.92. The standard InChI is InChI=1S/C15H22N2O/c1-18-14-4-3-12(11-13(14)16)17-9-7-15(8-10-17)5-2-6-15/h3-4,11H,2,5-10,16H2,1H3. The number of nitrogen functional groups attached to an aromatic ring is 1. The van der Waals surface area contributed by atoms with E-state index in [4.69, 9.17) is 10.5 Å². The summed E-state index contributed by atoms with van der Waals surface area (Å²) in [5.74, 6) is 0.770. The van der Waals surface area contributed by atoms with Crippen molar-refractivity contribution in [2.45, 2.75) is 32.1 Å². The monoisotopic (exact) mass is 246 g/mol. The van der Waals surface area contributed by atoms with Crippen molar-refractivity contribution in [1.29, 1.82) is 0 Å². The molecule has 1 aliphatic heterocycles. The van der Waals surface area contributed by atoms with Crippen LogP contribution in [-0.4, -0.2) is 20.2 Å². The van der Waals surface area contributed by atoms with Crippen LogP contribution >= 0.6 is 0 Å². The van der Waals surface area contributed by atoms with Crippen LogP contribution in [-0.2, 0) is 0 Å². The van der Waals surface area contributed by atoms with Gasteiger partial charge in [0.2, 0.25) is 0 Å². The molecule has 1 aromatic rings. The molecule has 2 aliphatic rings. The van der Waals surface area contributed by atoms with E-state index in [-0.39, 0.29) is 0 Å². The summed E-state index contributed by atoms with van der Waals surface area (Å²) in [6.07, 6.45) is 7.03. The zero-order chi connectivity index (χ0) is 12.6. The van der Waals surface area contributed by atoms with Crippen LogP contribution < -0.4 is 15.4 Å². The quantitative estimate of drug-likeness (QED) is 0.815. The molecular weight excluding hydrogens is 224 g/mol. The van der Waals surface area contributed by atoms with Crippen LogP contribution in [0, 0.1) is 5.41 Å². The van der Waals surface area contributed by atoms with Crippen LogP contribution in [0.15, 0.2) is 18.2 Å². The molecule has 1 aliphatic carbocycles. The Morgan fingerprint density at radius 3 is 2.39 bits per heavy atom. The van der Waals surface area contributed by atoms with Crippen LogP contribution in [0.3, 0.4) is 0 Å². The van der Waals surface area contributed by atoms with Crippen molar-refractivity contribution < 1.29 is 4.74 Å². The molecule has 0 radical (unpaired) electrons. The van der Waals surface area contributed by atoms with Crippen molar-refractivity contribution in [2.24, 2.45) is 5.41 Å². The number of hydrogen-bond acceptors (Lipinski definition) is 3. The Balaban J connectivity index is 1.70. The van der Waals surface area contributed by atoms with E-state index in [9.17, 15) is 0 Å². The molecule has 0 aromatic heterocycles. The van der Waals surface area contributed by atoms with Crippen LogP contribution in [0.25, 0.3) is 0 Å². The Labute approximate surface area is 109 Å². The molecule has 0 unspecified atom stereocenters. The molecular formula is C15H22N2O. The molecule has 18 heavy (non-hydrogen) atoms. The van der Waals surface area contributed by atoms with Gasteiger partial charge in [-0.3, -0.25) is 0 Å². The number of rotatable bonds is 2. The van der Waals surface area contributed by atoms with E-state index in [1.165, 1.54) is 50.9 Å². The first-order valence-electron chi connectivity index (χ1n) is 6.91. The molecule has 1 saturated carbocycles. The van der Waals surface area contributed by atoms with E-state index in [0.29, 0.717) is 5.41 Å². The number of nitrogens with two attached hydrogens (primary N) is 1. The molecule has 1 heterocycles. The normalized spacial score (nSPS) is 21.7. The Morgan fingerprint density at radius 2 is 1.89 bits per heavy atom. The van der Waals surface area contributed by atoms with Gasteiger partial charge in [-0.05, 0) is 49.3 Å². The van der Waals surface area contributed by atoms with Crippen molar-refractivity contribution >= 4 is 11.4 Å². The first-order chi connectivity index (χ1) is 8.72. The van der Waals surface area contributed by atoms with Gasteiger partial charge in [-0.1, -0.05) is 6.42 Å². The van der Waals surface area contributed by atoms with Gasteiger partial charge >= 0.3 is 0 Å². The second kappa shape index (κ2) is 4.38. The van der Waals surface area contributed by atoms with Gasteiger partial charge < -0.3 is 15.4 Å². The molecule has 3 heteroatoms. The number of benzene rings is 1. The maximum atomic E-state index is 5.98. The fraction of sp³-hybridized carbons (Fsp3) is 0.600. The SMILES string of the molecule is COc1ccc(N2CCC3(CCC3)CC2)cc1N. The Hall–Kier alpha value is -1.38. The van der Waals surface area contributed by atoms with Gasteiger partial charge in [-0.2, -0.15) is 0 Å². The Morgan fingerprint density at radius 1 is 1.17 bits per heavy atom. The second-order valence-electron chi connectivity index (χ2n) is 5.77. The van der Waals surface area contributed by atoms with Crippen LogP contribution in [0.4, 0.5) is 11.4 Å². The van der Waals surface area contributed by atoms with E-state index in [1.54, 1.807) is 7.11 Å². The summed E-state index contributed by atoms with van der Waals surface area (Å²) in [5.41, 5.74) is 8.65. The predicted molar refractivity (Wildman–Crippen MR) is 75.1 cm³/mol. The summed E-state index contributed by atoms with van der Waals surface area (Å²) in [7, 11) is 1.66. The van der Waals surface area contributed by atoms with Crippen LogP contribution in [0.2, 0.25) is 0 Å². The molecule has 2 fully saturated rings. The minimum absolute atomic E-state index is 0.703. The lowest BCUT2D eigenvalue weighted by atomic mass is 9.63. The lowest BCUT2D eigenvalue weighted by Gasteiger charge is -2.48. The fourth-order valence-corrected chi connectivity index (χ4v) is 3.33. The Kier molecular flexibility index (Phi) is 2.84. The smallest absolute Gasteiger partial charge is 0.141 e. The zero-order valence-electron chi connectivity index (χ0n) is 11.1. The maximum absolute atomic E-state index is 5.98. The van der Waals surface area contributed by atoms with E-state index < -0.39 is 0 Å². The highest BCUT2D eigenvalue weighted by Gasteiger charge is 2.39. The highest BCUT2D eigenvalue weighted by molar-refractivity contribution is 5.63. The minimum atomic E-state index is 0.703. The molecule has 1 spiro atoms. The molecule has 1 saturated heterocycles. The largest absolute Gasteiger partial charge is 0.495 e. The predicted octanol–water partition coefficient (Wildman–Crippen LogP) is 3.05. The fourth-order valence-electron chi connectivity index (χ4n) is 3.33. The van der Waals surface area contributed by atoms with Crippen LogP contribution in [0.5, 0.6) is 5.75 Å². The highest BCUT2D eigenvalue weighted by atomic mass is 16.5. The molecule has 3 rings (SSSR count). The molecule has 2 N–H and O–H groups in total. The van der Waals surface area contributed by atoms with Crippen molar-refractivity contribution in [2.75, 3.05) is 30.8 Å². The number of methoxy groups -OCH3 is 1. The molecule has 0 bridgehead atoms. The summed E-state index contributed by atoms with van der Waals surface area (Å²) in [5, 5.41) is 0. The van der Waals surface area contributed by atoms with E-state index in [0.717, 1.165) is 11.4 Å². The lowest BCUT2D eigenvalue weighted by molar-refractivity contribution is 0.0955. The van der Waals surface area contributed by atoms with Gasteiger partial charge in [-0.25, -0.2) is 0 Å². The van der Waals surface area contributed by atoms with E-state index in [1.807, 2.05) is 12.1 Å². The number of hydrogen-bond donors (Lipinski definition) is 1. The topological polar surface area (TPSA) is 38.5 Å². The number of piperidine rings is 1. The van der Waals surface area contributed by atoms with Crippen molar-refractivity contribution in [1.82, 2.24) is 0 Å². The van der Waals surface area contributed by atoms with Gasteiger partial charge in [0.05, 0.1) is 12.8 Å². The zero-order valence-corrected chi connectivity index (χ0v) is 11.1. The van der Waals surface area contributed by atoms with Gasteiger partial charge in [0.15, 0.2) is 0 Å². The van der Waals surface area contributed by atoms with Crippen molar-refractivity contribution in [3.8, 4) is 5.75 Å². The molecule has 0 amide bonds. The first-order valence-corrected chi connectivity index (χ1v) is 6.91. The van der Waals surface area contributed by atoms with Gasteiger partial charge in [-0.15, -0.1) is 0 Å². The number of nitrogens with zero attached hydrogens (tertiary/aromatic N) is 1. The molecule has 1 aromatic carbocycles. The summed E-state index contributed by atoms with van der Waals surface area (Å²) in [4.78, 5) is 2.46. The van der Waals surface area contributed by atoms with E-state index >= 15 is 0 Å².